The van der Waals surface area contributed by atoms with Crippen molar-refractivity contribution >= 4 is 0 Å². The Bertz CT molecular complexity index is 311. The molecule has 0 bridgehead atoms. The third-order valence-corrected chi connectivity index (χ3v) is 1.90. The van der Waals surface area contributed by atoms with Crippen LogP contribution >= 0.6 is 0 Å². The van der Waals surface area contributed by atoms with E-state index in [1.54, 1.807) is 6.92 Å². The smallest absolute Gasteiger partial charge is 0.388 e. The first kappa shape index (κ1) is 11.0. The van der Waals surface area contributed by atoms with Crippen molar-refractivity contribution in [2.45, 2.75) is 25.6 Å². The van der Waals surface area contributed by atoms with E-state index >= 15 is 0 Å². The Labute approximate surface area is 79.4 Å². The van der Waals surface area contributed by atoms with E-state index < -0.39 is 17.8 Å². The molecule has 1 aromatic heterocycles. The van der Waals surface area contributed by atoms with Crippen LogP contribution in [0, 0.1) is 0 Å². The van der Waals surface area contributed by atoms with Gasteiger partial charge in [-0.15, -0.1) is 0 Å². The van der Waals surface area contributed by atoms with Gasteiger partial charge in [-0.1, -0.05) is 6.92 Å². The van der Waals surface area contributed by atoms with Gasteiger partial charge >= 0.3 is 6.18 Å². The summed E-state index contributed by atoms with van der Waals surface area (Å²) < 4.78 is 37.2. The number of pyridine rings is 1. The van der Waals surface area contributed by atoms with Crippen LogP contribution in [-0.4, -0.2) is 10.1 Å². The molecule has 0 fully saturated rings. The summed E-state index contributed by atoms with van der Waals surface area (Å²) in [5.41, 5.74) is -0.982. The van der Waals surface area contributed by atoms with Crippen LogP contribution in [0.15, 0.2) is 18.5 Å². The highest BCUT2D eigenvalue weighted by molar-refractivity contribution is 5.28. The third-order valence-electron chi connectivity index (χ3n) is 1.90. The van der Waals surface area contributed by atoms with Gasteiger partial charge in [-0.05, 0) is 12.5 Å². The average molecular weight is 205 g/mol. The van der Waals surface area contributed by atoms with Gasteiger partial charge in [0.15, 0.2) is 0 Å². The van der Waals surface area contributed by atoms with E-state index in [0.29, 0.717) is 0 Å². The minimum Gasteiger partial charge on any atom is -0.388 e. The van der Waals surface area contributed by atoms with Crippen molar-refractivity contribution < 1.29 is 18.3 Å². The number of aromatic nitrogens is 1. The third kappa shape index (κ3) is 2.23. The van der Waals surface area contributed by atoms with Gasteiger partial charge in [-0.2, -0.15) is 13.2 Å². The maximum atomic E-state index is 12.4. The molecule has 0 aliphatic heterocycles. The minimum absolute atomic E-state index is 0.164. The Morgan fingerprint density at radius 1 is 1.50 bits per heavy atom. The summed E-state index contributed by atoms with van der Waals surface area (Å²) in [6.45, 7) is 1.61. The SMILES string of the molecule is CCC(O)c1cnccc1C(F)(F)F. The number of rotatable bonds is 2. The number of halogens is 3. The second-order valence-corrected chi connectivity index (χ2v) is 2.88. The molecule has 1 N–H and O–H groups in total. The zero-order chi connectivity index (χ0) is 10.8. The van der Waals surface area contributed by atoms with Gasteiger partial charge in [-0.25, -0.2) is 0 Å². The molecule has 1 rings (SSSR count). The molecule has 0 aromatic carbocycles. The number of aliphatic hydroxyl groups excluding tert-OH is 1. The summed E-state index contributed by atoms with van der Waals surface area (Å²) in [5.74, 6) is 0. The molecule has 0 amide bonds. The van der Waals surface area contributed by atoms with Crippen molar-refractivity contribution in [3.63, 3.8) is 0 Å². The molecule has 0 saturated heterocycles. The van der Waals surface area contributed by atoms with Crippen LogP contribution in [0.3, 0.4) is 0 Å². The Kier molecular flexibility index (Phi) is 3.10. The average Bonchev–Trinajstić information content (AvgIpc) is 2.15. The van der Waals surface area contributed by atoms with E-state index in [9.17, 15) is 18.3 Å². The van der Waals surface area contributed by atoms with Crippen LogP contribution < -0.4 is 0 Å². The van der Waals surface area contributed by atoms with Crippen LogP contribution in [0.2, 0.25) is 0 Å². The van der Waals surface area contributed by atoms with Crippen LogP contribution in [-0.2, 0) is 6.18 Å². The largest absolute Gasteiger partial charge is 0.416 e. The van der Waals surface area contributed by atoms with Crippen molar-refractivity contribution in [3.8, 4) is 0 Å². The number of hydrogen-bond acceptors (Lipinski definition) is 2. The normalized spacial score (nSPS) is 14.1. The van der Waals surface area contributed by atoms with Gasteiger partial charge in [0.1, 0.15) is 0 Å². The highest BCUT2D eigenvalue weighted by Gasteiger charge is 2.34. The monoisotopic (exact) mass is 205 g/mol. The summed E-state index contributed by atoms with van der Waals surface area (Å²) in [6, 6.07) is 0.869. The molecule has 14 heavy (non-hydrogen) atoms. The second kappa shape index (κ2) is 3.96. The molecule has 0 saturated carbocycles. The maximum absolute atomic E-state index is 12.4. The van der Waals surface area contributed by atoms with Crippen LogP contribution in [0.1, 0.15) is 30.6 Å². The molecule has 1 unspecified atom stereocenters. The highest BCUT2D eigenvalue weighted by Crippen LogP contribution is 2.34. The van der Waals surface area contributed by atoms with Crippen molar-refractivity contribution in [1.82, 2.24) is 4.98 Å². The van der Waals surface area contributed by atoms with Crippen molar-refractivity contribution in [1.29, 1.82) is 0 Å². The molecule has 0 spiro atoms. The van der Waals surface area contributed by atoms with E-state index in [4.69, 9.17) is 0 Å². The molecule has 1 aromatic rings. The van der Waals surface area contributed by atoms with Gasteiger partial charge in [0.05, 0.1) is 11.7 Å². The molecule has 0 radical (unpaired) electrons. The summed E-state index contributed by atoms with van der Waals surface area (Å²) in [4.78, 5) is 3.57. The Morgan fingerprint density at radius 3 is 2.64 bits per heavy atom. The van der Waals surface area contributed by atoms with Crippen LogP contribution in [0.5, 0.6) is 0 Å². The first-order valence-electron chi connectivity index (χ1n) is 4.16. The van der Waals surface area contributed by atoms with E-state index in [1.807, 2.05) is 0 Å². The van der Waals surface area contributed by atoms with Gasteiger partial charge < -0.3 is 5.11 Å². The summed E-state index contributed by atoms with van der Waals surface area (Å²) in [7, 11) is 0. The Hall–Kier alpha value is -1.10. The summed E-state index contributed by atoms with van der Waals surface area (Å²) in [6.07, 6.45) is -3.20. The van der Waals surface area contributed by atoms with E-state index in [1.165, 1.54) is 0 Å². The van der Waals surface area contributed by atoms with Crippen molar-refractivity contribution in [2.24, 2.45) is 0 Å². The summed E-state index contributed by atoms with van der Waals surface area (Å²) in [5, 5.41) is 9.33. The predicted octanol–water partition coefficient (Wildman–Crippen LogP) is 2.54. The fourth-order valence-electron chi connectivity index (χ4n) is 1.15. The van der Waals surface area contributed by atoms with E-state index in [2.05, 4.69) is 4.98 Å². The maximum Gasteiger partial charge on any atom is 0.416 e. The molecular formula is C9H10F3NO. The molecule has 0 aliphatic carbocycles. The number of alkyl halides is 3. The van der Waals surface area contributed by atoms with Crippen molar-refractivity contribution in [2.75, 3.05) is 0 Å². The van der Waals surface area contributed by atoms with Gasteiger partial charge in [0.2, 0.25) is 0 Å². The first-order valence-corrected chi connectivity index (χ1v) is 4.16. The van der Waals surface area contributed by atoms with Crippen molar-refractivity contribution in [3.05, 3.63) is 29.6 Å². The topological polar surface area (TPSA) is 33.1 Å². The van der Waals surface area contributed by atoms with Crippen LogP contribution in [0.25, 0.3) is 0 Å². The van der Waals surface area contributed by atoms with Gasteiger partial charge in [-0.3, -0.25) is 4.98 Å². The van der Waals surface area contributed by atoms with E-state index in [-0.39, 0.29) is 12.0 Å². The lowest BCUT2D eigenvalue weighted by atomic mass is 10.0. The number of aliphatic hydroxyl groups is 1. The Balaban J connectivity index is 3.16. The zero-order valence-corrected chi connectivity index (χ0v) is 7.54. The molecule has 2 nitrogen and oxygen atoms in total. The molecule has 1 heterocycles. The zero-order valence-electron chi connectivity index (χ0n) is 7.54. The highest BCUT2D eigenvalue weighted by atomic mass is 19.4. The summed E-state index contributed by atoms with van der Waals surface area (Å²) >= 11 is 0. The molecule has 78 valence electrons. The van der Waals surface area contributed by atoms with Gasteiger partial charge in [0.25, 0.3) is 0 Å². The Morgan fingerprint density at radius 2 is 2.14 bits per heavy atom. The lowest BCUT2D eigenvalue weighted by molar-refractivity contribution is -0.139. The second-order valence-electron chi connectivity index (χ2n) is 2.88. The fourth-order valence-corrected chi connectivity index (χ4v) is 1.15. The quantitative estimate of drug-likeness (QED) is 0.804. The van der Waals surface area contributed by atoms with Gasteiger partial charge in [0, 0.05) is 18.0 Å². The fraction of sp³-hybridized carbons (Fsp3) is 0.444. The first-order chi connectivity index (χ1) is 6.46. The van der Waals surface area contributed by atoms with Crippen LogP contribution in [0.4, 0.5) is 13.2 Å². The minimum atomic E-state index is -4.44. The lowest BCUT2D eigenvalue weighted by Crippen LogP contribution is -2.12. The molecular weight excluding hydrogens is 195 g/mol. The lowest BCUT2D eigenvalue weighted by Gasteiger charge is -2.15. The molecule has 0 aliphatic rings. The number of hydrogen-bond donors (Lipinski definition) is 1. The molecule has 5 heteroatoms. The standard InChI is InChI=1S/C9H10F3NO/c1-2-8(14)6-5-13-4-3-7(6)9(10,11)12/h3-5,8,14H,2H2,1H3. The molecule has 1 atom stereocenters. The van der Waals surface area contributed by atoms with E-state index in [0.717, 1.165) is 18.5 Å². The predicted molar refractivity (Wildman–Crippen MR) is 44.5 cm³/mol. The number of nitrogens with zero attached hydrogens (tertiary/aromatic N) is 1.